The van der Waals surface area contributed by atoms with Gasteiger partial charge in [-0.2, -0.15) is 5.10 Å². The van der Waals surface area contributed by atoms with Crippen molar-refractivity contribution in [3.63, 3.8) is 0 Å². The number of benzene rings is 1. The number of fused-ring (bicyclic) bond motifs is 1. The number of hydrogen-bond donors (Lipinski definition) is 1. The number of aromatic amines is 1. The van der Waals surface area contributed by atoms with Gasteiger partial charge in [0.15, 0.2) is 0 Å². The van der Waals surface area contributed by atoms with Gasteiger partial charge in [0.1, 0.15) is 11.5 Å². The van der Waals surface area contributed by atoms with Crippen LogP contribution in [0.15, 0.2) is 61.1 Å². The standard InChI is InChI=1S/C17H11FN4/c18-14-6-2-1-5-12(14)17-13-8-15(11-4-3-7-19-9-11)20-10-16(13)21-22-17/h1-10H,(H,21,22). The van der Waals surface area contributed by atoms with Crippen molar-refractivity contribution >= 4 is 10.9 Å². The Bertz CT molecular complexity index is 947. The molecule has 0 fully saturated rings. The molecule has 106 valence electrons. The molecule has 1 aromatic carbocycles. The molecule has 0 spiro atoms. The fraction of sp³-hybridized carbons (Fsp3) is 0. The number of nitrogens with zero attached hydrogens (tertiary/aromatic N) is 3. The Hall–Kier alpha value is -3.08. The second kappa shape index (κ2) is 5.04. The zero-order valence-electron chi connectivity index (χ0n) is 11.5. The van der Waals surface area contributed by atoms with Gasteiger partial charge < -0.3 is 0 Å². The molecule has 5 heteroatoms. The van der Waals surface area contributed by atoms with Crippen LogP contribution in [0.3, 0.4) is 0 Å². The summed E-state index contributed by atoms with van der Waals surface area (Å²) in [6.07, 6.45) is 5.16. The zero-order valence-corrected chi connectivity index (χ0v) is 11.5. The van der Waals surface area contributed by atoms with Crippen LogP contribution in [0, 0.1) is 5.82 Å². The lowest BCUT2D eigenvalue weighted by Crippen LogP contribution is -1.86. The summed E-state index contributed by atoms with van der Waals surface area (Å²) in [6, 6.07) is 12.3. The summed E-state index contributed by atoms with van der Waals surface area (Å²) in [6.45, 7) is 0. The number of rotatable bonds is 2. The average Bonchev–Trinajstić information content (AvgIpc) is 2.99. The van der Waals surface area contributed by atoms with Gasteiger partial charge in [-0.3, -0.25) is 15.1 Å². The minimum absolute atomic E-state index is 0.296. The van der Waals surface area contributed by atoms with Gasteiger partial charge in [0.05, 0.1) is 17.4 Å². The van der Waals surface area contributed by atoms with Crippen molar-refractivity contribution in [3.05, 3.63) is 66.9 Å². The van der Waals surface area contributed by atoms with Crippen molar-refractivity contribution in [3.8, 4) is 22.5 Å². The predicted molar refractivity (Wildman–Crippen MR) is 82.5 cm³/mol. The molecule has 0 aliphatic heterocycles. The summed E-state index contributed by atoms with van der Waals surface area (Å²) in [7, 11) is 0. The van der Waals surface area contributed by atoms with E-state index in [1.807, 2.05) is 18.2 Å². The maximum atomic E-state index is 14.0. The Labute approximate surface area is 125 Å². The van der Waals surface area contributed by atoms with E-state index in [0.717, 1.165) is 22.2 Å². The van der Waals surface area contributed by atoms with E-state index >= 15 is 0 Å². The van der Waals surface area contributed by atoms with Crippen LogP contribution in [0.1, 0.15) is 0 Å². The van der Waals surface area contributed by atoms with E-state index in [0.29, 0.717) is 11.3 Å². The number of aromatic nitrogens is 4. The molecule has 1 N–H and O–H groups in total. The number of hydrogen-bond acceptors (Lipinski definition) is 3. The van der Waals surface area contributed by atoms with E-state index in [1.165, 1.54) is 6.07 Å². The summed E-state index contributed by atoms with van der Waals surface area (Å²) in [4.78, 5) is 8.50. The number of nitrogens with one attached hydrogen (secondary N) is 1. The highest BCUT2D eigenvalue weighted by atomic mass is 19.1. The van der Waals surface area contributed by atoms with Crippen molar-refractivity contribution in [2.45, 2.75) is 0 Å². The first-order valence-corrected chi connectivity index (χ1v) is 6.82. The fourth-order valence-electron chi connectivity index (χ4n) is 2.45. The van der Waals surface area contributed by atoms with Gasteiger partial charge >= 0.3 is 0 Å². The van der Waals surface area contributed by atoms with E-state index in [2.05, 4.69) is 20.2 Å². The number of H-pyrrole nitrogens is 1. The zero-order chi connectivity index (χ0) is 14.9. The molecule has 0 unspecified atom stereocenters. The van der Waals surface area contributed by atoms with Gasteiger partial charge in [-0.25, -0.2) is 4.39 Å². The highest BCUT2D eigenvalue weighted by Crippen LogP contribution is 2.30. The normalized spacial score (nSPS) is 11.0. The lowest BCUT2D eigenvalue weighted by Gasteiger charge is -2.02. The molecule has 0 saturated carbocycles. The van der Waals surface area contributed by atoms with Crippen molar-refractivity contribution in [1.29, 1.82) is 0 Å². The van der Waals surface area contributed by atoms with Crippen molar-refractivity contribution in [2.24, 2.45) is 0 Å². The van der Waals surface area contributed by atoms with Gasteiger partial charge in [-0.05, 0) is 30.3 Å². The largest absolute Gasteiger partial charge is 0.276 e. The molecule has 0 bridgehead atoms. The molecule has 0 atom stereocenters. The molecule has 0 aliphatic rings. The quantitative estimate of drug-likeness (QED) is 0.610. The van der Waals surface area contributed by atoms with E-state index in [-0.39, 0.29) is 5.82 Å². The van der Waals surface area contributed by atoms with Gasteiger partial charge in [-0.15, -0.1) is 0 Å². The third kappa shape index (κ3) is 2.03. The Kier molecular flexibility index (Phi) is 2.89. The molecule has 3 aromatic heterocycles. The lowest BCUT2D eigenvalue weighted by molar-refractivity contribution is 0.631. The summed E-state index contributed by atoms with van der Waals surface area (Å²) in [5.74, 6) is -0.296. The SMILES string of the molecule is Fc1ccccc1-c1n[nH]c2cnc(-c3cccnc3)cc12. The summed E-state index contributed by atoms with van der Waals surface area (Å²) in [5, 5.41) is 7.97. The Morgan fingerprint density at radius 2 is 1.91 bits per heavy atom. The Morgan fingerprint density at radius 1 is 1.00 bits per heavy atom. The van der Waals surface area contributed by atoms with Crippen LogP contribution in [0.5, 0.6) is 0 Å². The van der Waals surface area contributed by atoms with Crippen LogP contribution in [-0.4, -0.2) is 20.2 Å². The molecular weight excluding hydrogens is 279 g/mol. The summed E-state index contributed by atoms with van der Waals surface area (Å²) in [5.41, 5.74) is 3.51. The van der Waals surface area contributed by atoms with Crippen LogP contribution < -0.4 is 0 Å². The first-order valence-electron chi connectivity index (χ1n) is 6.82. The Balaban J connectivity index is 1.93. The van der Waals surface area contributed by atoms with Crippen LogP contribution >= 0.6 is 0 Å². The minimum Gasteiger partial charge on any atom is -0.276 e. The first-order chi connectivity index (χ1) is 10.8. The van der Waals surface area contributed by atoms with Crippen molar-refractivity contribution in [2.75, 3.05) is 0 Å². The van der Waals surface area contributed by atoms with Gasteiger partial charge in [0, 0.05) is 28.9 Å². The molecule has 0 saturated heterocycles. The first kappa shape index (κ1) is 12.6. The third-order valence-corrected chi connectivity index (χ3v) is 3.53. The fourth-order valence-corrected chi connectivity index (χ4v) is 2.45. The highest BCUT2D eigenvalue weighted by molar-refractivity contribution is 5.94. The minimum atomic E-state index is -0.296. The summed E-state index contributed by atoms with van der Waals surface area (Å²) < 4.78 is 14.0. The van der Waals surface area contributed by atoms with Crippen LogP contribution in [-0.2, 0) is 0 Å². The van der Waals surface area contributed by atoms with Crippen LogP contribution in [0.4, 0.5) is 4.39 Å². The Morgan fingerprint density at radius 3 is 2.73 bits per heavy atom. The third-order valence-electron chi connectivity index (χ3n) is 3.53. The van der Waals surface area contributed by atoms with E-state index < -0.39 is 0 Å². The molecule has 4 rings (SSSR count). The van der Waals surface area contributed by atoms with Gasteiger partial charge in [-0.1, -0.05) is 12.1 Å². The van der Waals surface area contributed by atoms with E-state index in [9.17, 15) is 4.39 Å². The second-order valence-electron chi connectivity index (χ2n) is 4.91. The molecule has 4 nitrogen and oxygen atoms in total. The molecular formula is C17H11FN4. The average molecular weight is 290 g/mol. The second-order valence-corrected chi connectivity index (χ2v) is 4.91. The smallest absolute Gasteiger partial charge is 0.132 e. The molecule has 4 aromatic rings. The predicted octanol–water partition coefficient (Wildman–Crippen LogP) is 3.83. The molecule has 0 aliphatic carbocycles. The van der Waals surface area contributed by atoms with Gasteiger partial charge in [0.25, 0.3) is 0 Å². The molecule has 3 heterocycles. The monoisotopic (exact) mass is 290 g/mol. The lowest BCUT2D eigenvalue weighted by atomic mass is 10.1. The number of halogens is 1. The maximum Gasteiger partial charge on any atom is 0.132 e. The van der Waals surface area contributed by atoms with Gasteiger partial charge in [0.2, 0.25) is 0 Å². The van der Waals surface area contributed by atoms with E-state index in [1.54, 1.807) is 36.8 Å². The maximum absolute atomic E-state index is 14.0. The summed E-state index contributed by atoms with van der Waals surface area (Å²) >= 11 is 0. The van der Waals surface area contributed by atoms with Crippen molar-refractivity contribution < 1.29 is 4.39 Å². The van der Waals surface area contributed by atoms with Crippen LogP contribution in [0.25, 0.3) is 33.4 Å². The molecule has 22 heavy (non-hydrogen) atoms. The highest BCUT2D eigenvalue weighted by Gasteiger charge is 2.13. The number of pyridine rings is 2. The van der Waals surface area contributed by atoms with Crippen LogP contribution in [0.2, 0.25) is 0 Å². The topological polar surface area (TPSA) is 54.5 Å². The van der Waals surface area contributed by atoms with E-state index in [4.69, 9.17) is 0 Å². The van der Waals surface area contributed by atoms with Crippen molar-refractivity contribution in [1.82, 2.24) is 20.2 Å². The molecule has 0 radical (unpaired) electrons. The molecule has 0 amide bonds.